The molecule has 0 saturated heterocycles. The molecule has 1 N–H and O–H groups in total. The van der Waals surface area contributed by atoms with Crippen LogP contribution in [0.2, 0.25) is 5.02 Å². The molecular weight excluding hydrogens is 478 g/mol. The van der Waals surface area contributed by atoms with E-state index in [0.29, 0.717) is 26.9 Å². The van der Waals surface area contributed by atoms with Gasteiger partial charge in [0.15, 0.2) is 16.1 Å². The minimum absolute atomic E-state index is 0.151. The second-order valence-corrected chi connectivity index (χ2v) is 9.61. The molecule has 2 aromatic heterocycles. The highest BCUT2D eigenvalue weighted by Gasteiger charge is 2.14. The van der Waals surface area contributed by atoms with Crippen LogP contribution in [0.1, 0.15) is 17.0 Å². The van der Waals surface area contributed by atoms with Crippen molar-refractivity contribution in [3.8, 4) is 17.0 Å². The Morgan fingerprint density at radius 2 is 1.97 bits per heavy atom. The van der Waals surface area contributed by atoms with E-state index in [9.17, 15) is 4.79 Å². The summed E-state index contributed by atoms with van der Waals surface area (Å²) in [5.41, 5.74) is 4.00. The highest BCUT2D eigenvalue weighted by atomic mass is 35.5. The molecule has 0 bridgehead atoms. The number of aromatic nitrogens is 4. The van der Waals surface area contributed by atoms with Crippen LogP contribution in [-0.2, 0) is 18.4 Å². The fourth-order valence-electron chi connectivity index (χ4n) is 2.92. The second-order valence-electron chi connectivity index (χ2n) is 7.40. The summed E-state index contributed by atoms with van der Waals surface area (Å²) in [7, 11) is 1.85. The van der Waals surface area contributed by atoms with Crippen molar-refractivity contribution in [3.63, 3.8) is 0 Å². The summed E-state index contributed by atoms with van der Waals surface area (Å²) < 4.78 is 7.61. The normalized spacial score (nSPS) is 10.9. The van der Waals surface area contributed by atoms with Gasteiger partial charge in [0.25, 0.3) is 0 Å². The number of carbonyl (C=O) groups is 1. The maximum atomic E-state index is 12.4. The molecule has 0 spiro atoms. The molecular formula is C23H22ClN5O2S2. The number of thiazole rings is 1. The summed E-state index contributed by atoms with van der Waals surface area (Å²) in [4.78, 5) is 16.9. The Morgan fingerprint density at radius 3 is 2.73 bits per heavy atom. The van der Waals surface area contributed by atoms with Gasteiger partial charge in [-0.1, -0.05) is 53.2 Å². The van der Waals surface area contributed by atoms with Crippen molar-refractivity contribution in [2.24, 2.45) is 7.05 Å². The van der Waals surface area contributed by atoms with E-state index in [4.69, 9.17) is 16.3 Å². The van der Waals surface area contributed by atoms with Gasteiger partial charge in [0.1, 0.15) is 12.4 Å². The number of thioether (sulfide) groups is 1. The first-order chi connectivity index (χ1) is 15.9. The number of halogens is 1. The number of hydrogen-bond acceptors (Lipinski definition) is 7. The molecule has 170 valence electrons. The molecule has 4 aromatic rings. The topological polar surface area (TPSA) is 81.9 Å². The SMILES string of the molecule is Cc1ccc(-c2csc(NC(=O)CSc3nnc(COc4ccc(Cl)c(C)c4)n3C)n2)cc1. The third-order valence-corrected chi connectivity index (χ3v) is 7.05. The van der Waals surface area contributed by atoms with Crippen LogP contribution in [0.5, 0.6) is 5.75 Å². The van der Waals surface area contributed by atoms with E-state index in [0.717, 1.165) is 16.8 Å². The number of hydrogen-bond donors (Lipinski definition) is 1. The van der Waals surface area contributed by atoms with Gasteiger partial charge in [0.05, 0.1) is 11.4 Å². The zero-order valence-electron chi connectivity index (χ0n) is 18.3. The van der Waals surface area contributed by atoms with Crippen molar-refractivity contribution in [1.82, 2.24) is 19.7 Å². The molecule has 1 amide bonds. The van der Waals surface area contributed by atoms with Crippen molar-refractivity contribution < 1.29 is 9.53 Å². The quantitative estimate of drug-likeness (QED) is 0.321. The third-order valence-electron chi connectivity index (χ3n) is 4.85. The molecule has 0 aliphatic carbocycles. The molecule has 0 fully saturated rings. The zero-order chi connectivity index (χ0) is 23.4. The second kappa shape index (κ2) is 10.4. The van der Waals surface area contributed by atoms with Gasteiger partial charge >= 0.3 is 0 Å². The number of benzene rings is 2. The van der Waals surface area contributed by atoms with Gasteiger partial charge in [-0.2, -0.15) is 0 Å². The largest absolute Gasteiger partial charge is 0.486 e. The van der Waals surface area contributed by atoms with Gasteiger partial charge in [0.2, 0.25) is 5.91 Å². The number of amides is 1. The fourth-order valence-corrected chi connectivity index (χ4v) is 4.51. The number of rotatable bonds is 8. The maximum absolute atomic E-state index is 12.4. The van der Waals surface area contributed by atoms with E-state index < -0.39 is 0 Å². The average molecular weight is 500 g/mol. The predicted molar refractivity (Wildman–Crippen MR) is 133 cm³/mol. The lowest BCUT2D eigenvalue weighted by Crippen LogP contribution is -2.14. The Morgan fingerprint density at radius 1 is 1.18 bits per heavy atom. The molecule has 0 atom stereocenters. The van der Waals surface area contributed by atoms with E-state index in [-0.39, 0.29) is 18.3 Å². The van der Waals surface area contributed by atoms with Crippen molar-refractivity contribution >= 4 is 45.7 Å². The monoisotopic (exact) mass is 499 g/mol. The van der Waals surface area contributed by atoms with Crippen LogP contribution in [0, 0.1) is 13.8 Å². The van der Waals surface area contributed by atoms with Crippen molar-refractivity contribution in [2.45, 2.75) is 25.6 Å². The Labute approximate surface area is 205 Å². The van der Waals surface area contributed by atoms with Crippen molar-refractivity contribution in [3.05, 3.63) is 69.8 Å². The number of aryl methyl sites for hydroxylation is 2. The summed E-state index contributed by atoms with van der Waals surface area (Å²) in [6.45, 7) is 4.23. The standard InChI is InChI=1S/C23H22ClN5O2S2/c1-14-4-6-16(7-5-14)19-12-32-22(25-19)26-21(30)13-33-23-28-27-20(29(23)3)11-31-17-8-9-18(24)15(2)10-17/h4-10,12H,11,13H2,1-3H3,(H,25,26,30). The van der Waals surface area contributed by atoms with Gasteiger partial charge < -0.3 is 14.6 Å². The lowest BCUT2D eigenvalue weighted by molar-refractivity contribution is -0.113. The van der Waals surface area contributed by atoms with E-state index in [1.165, 1.54) is 28.7 Å². The lowest BCUT2D eigenvalue weighted by atomic mass is 10.1. The molecule has 0 radical (unpaired) electrons. The first-order valence-electron chi connectivity index (χ1n) is 10.1. The molecule has 10 heteroatoms. The number of nitrogens with zero attached hydrogens (tertiary/aromatic N) is 4. The van der Waals surface area contributed by atoms with Crippen LogP contribution in [0.3, 0.4) is 0 Å². The maximum Gasteiger partial charge on any atom is 0.236 e. The highest BCUT2D eigenvalue weighted by molar-refractivity contribution is 7.99. The Bertz CT molecular complexity index is 1270. The molecule has 4 rings (SSSR count). The first kappa shape index (κ1) is 23.3. The number of carbonyl (C=O) groups excluding carboxylic acids is 1. The van der Waals surface area contributed by atoms with E-state index in [2.05, 4.69) is 20.5 Å². The molecule has 33 heavy (non-hydrogen) atoms. The molecule has 7 nitrogen and oxygen atoms in total. The Hall–Kier alpha value is -2.88. The molecule has 0 aliphatic heterocycles. The van der Waals surface area contributed by atoms with Crippen LogP contribution in [0.15, 0.2) is 53.0 Å². The summed E-state index contributed by atoms with van der Waals surface area (Å²) in [6, 6.07) is 13.6. The van der Waals surface area contributed by atoms with Crippen molar-refractivity contribution in [2.75, 3.05) is 11.1 Å². The van der Waals surface area contributed by atoms with Gasteiger partial charge in [-0.25, -0.2) is 4.98 Å². The third kappa shape index (κ3) is 5.93. The number of nitrogens with one attached hydrogen (secondary N) is 1. The fraction of sp³-hybridized carbons (Fsp3) is 0.217. The highest BCUT2D eigenvalue weighted by Crippen LogP contribution is 2.26. The molecule has 2 heterocycles. The van der Waals surface area contributed by atoms with E-state index in [1.807, 2.05) is 67.2 Å². The smallest absolute Gasteiger partial charge is 0.236 e. The number of anilines is 1. The minimum atomic E-state index is -0.151. The van der Waals surface area contributed by atoms with Gasteiger partial charge in [-0.15, -0.1) is 21.5 Å². The average Bonchev–Trinajstić information content (AvgIpc) is 3.40. The van der Waals surface area contributed by atoms with Crippen LogP contribution in [-0.4, -0.2) is 31.4 Å². The van der Waals surface area contributed by atoms with Gasteiger partial charge in [-0.05, 0) is 37.6 Å². The molecule has 0 saturated carbocycles. The zero-order valence-corrected chi connectivity index (χ0v) is 20.7. The predicted octanol–water partition coefficient (Wildman–Crippen LogP) is 5.52. The summed E-state index contributed by atoms with van der Waals surface area (Å²) >= 11 is 8.76. The first-order valence-corrected chi connectivity index (χ1v) is 12.4. The summed E-state index contributed by atoms with van der Waals surface area (Å²) in [5.74, 6) is 1.42. The van der Waals surface area contributed by atoms with Crippen molar-refractivity contribution in [1.29, 1.82) is 0 Å². The molecule has 2 aromatic carbocycles. The van der Waals surface area contributed by atoms with Crippen LogP contribution < -0.4 is 10.1 Å². The Kier molecular flexibility index (Phi) is 7.32. The van der Waals surface area contributed by atoms with E-state index in [1.54, 1.807) is 6.07 Å². The van der Waals surface area contributed by atoms with Crippen LogP contribution in [0.25, 0.3) is 11.3 Å². The Balaban J connectivity index is 1.29. The lowest BCUT2D eigenvalue weighted by Gasteiger charge is -2.08. The van der Waals surface area contributed by atoms with E-state index >= 15 is 0 Å². The summed E-state index contributed by atoms with van der Waals surface area (Å²) in [5, 5.41) is 15.0. The van der Waals surface area contributed by atoms with Gasteiger partial charge in [-0.3, -0.25) is 4.79 Å². The molecule has 0 unspecified atom stereocenters. The number of ether oxygens (including phenoxy) is 1. The minimum Gasteiger partial charge on any atom is -0.486 e. The van der Waals surface area contributed by atoms with Crippen LogP contribution >= 0.6 is 34.7 Å². The molecule has 0 aliphatic rings. The van der Waals surface area contributed by atoms with Gasteiger partial charge in [0, 0.05) is 23.0 Å². The van der Waals surface area contributed by atoms with Crippen LogP contribution in [0.4, 0.5) is 5.13 Å². The summed E-state index contributed by atoms with van der Waals surface area (Å²) in [6.07, 6.45) is 0.